The van der Waals surface area contributed by atoms with Gasteiger partial charge >= 0.3 is 0 Å². The number of hydrogen-bond acceptors (Lipinski definition) is 8. The number of benzene rings is 2. The molecule has 0 aliphatic rings. The first kappa shape index (κ1) is 21.7. The highest BCUT2D eigenvalue weighted by atomic mass is 32.2. The molecule has 0 amide bonds. The summed E-state index contributed by atoms with van der Waals surface area (Å²) >= 11 is 0. The minimum absolute atomic E-state index is 0.184. The Kier molecular flexibility index (Phi) is 6.06. The summed E-state index contributed by atoms with van der Waals surface area (Å²) in [6.07, 6.45) is 4.14. The van der Waals surface area contributed by atoms with Crippen molar-refractivity contribution in [1.29, 1.82) is 0 Å². The van der Waals surface area contributed by atoms with E-state index >= 15 is 0 Å². The van der Waals surface area contributed by atoms with Crippen molar-refractivity contribution in [2.24, 2.45) is 0 Å². The Morgan fingerprint density at radius 3 is 2.41 bits per heavy atom. The summed E-state index contributed by atoms with van der Waals surface area (Å²) < 4.78 is 40.5. The van der Waals surface area contributed by atoms with Crippen LogP contribution in [0.1, 0.15) is 6.92 Å². The van der Waals surface area contributed by atoms with Gasteiger partial charge in [0.15, 0.2) is 21.1 Å². The lowest BCUT2D eigenvalue weighted by Crippen LogP contribution is -2.17. The molecule has 32 heavy (non-hydrogen) atoms. The lowest BCUT2D eigenvalue weighted by atomic mass is 10.2. The van der Waals surface area contributed by atoms with Crippen LogP contribution in [0.5, 0.6) is 17.2 Å². The number of sulfone groups is 1. The van der Waals surface area contributed by atoms with Crippen molar-refractivity contribution in [3.8, 4) is 28.6 Å². The molecule has 0 radical (unpaired) electrons. The molecule has 1 atom stereocenters. The number of H-pyrrole nitrogens is 1. The van der Waals surface area contributed by atoms with E-state index in [1.807, 2.05) is 13.0 Å². The van der Waals surface area contributed by atoms with E-state index in [-0.39, 0.29) is 11.0 Å². The molecule has 0 fully saturated rings. The Bertz CT molecular complexity index is 1300. The van der Waals surface area contributed by atoms with Crippen molar-refractivity contribution in [3.63, 3.8) is 0 Å². The van der Waals surface area contributed by atoms with Gasteiger partial charge in [0.2, 0.25) is 0 Å². The fraction of sp³-hybridized carbons (Fsp3) is 0.227. The van der Waals surface area contributed by atoms with Gasteiger partial charge in [-0.2, -0.15) is 0 Å². The van der Waals surface area contributed by atoms with Crippen LogP contribution >= 0.6 is 0 Å². The Hall–Kier alpha value is -3.50. The Morgan fingerprint density at radius 1 is 1.00 bits per heavy atom. The van der Waals surface area contributed by atoms with Crippen LogP contribution in [-0.2, 0) is 14.6 Å². The normalized spacial score (nSPS) is 12.6. The summed E-state index contributed by atoms with van der Waals surface area (Å²) in [5, 5.41) is 0. The van der Waals surface area contributed by atoms with Crippen LogP contribution in [0.4, 0.5) is 0 Å². The number of aromatic nitrogens is 4. The second kappa shape index (κ2) is 8.93. The van der Waals surface area contributed by atoms with Gasteiger partial charge in [-0.3, -0.25) is 0 Å². The molecule has 4 rings (SSSR count). The lowest BCUT2D eigenvalue weighted by Gasteiger charge is -2.16. The fourth-order valence-electron chi connectivity index (χ4n) is 3.11. The van der Waals surface area contributed by atoms with Crippen LogP contribution in [0.25, 0.3) is 22.7 Å². The molecule has 0 aliphatic heterocycles. The topological polar surface area (TPSA) is 116 Å². The fourth-order valence-corrected chi connectivity index (χ4v) is 3.74. The molecule has 166 valence electrons. The zero-order valence-electron chi connectivity index (χ0n) is 17.8. The number of nitrogens with zero attached hydrogens (tertiary/aromatic N) is 3. The van der Waals surface area contributed by atoms with E-state index in [1.165, 1.54) is 12.1 Å². The van der Waals surface area contributed by atoms with Crippen LogP contribution in [0.15, 0.2) is 59.8 Å². The number of aromatic amines is 1. The van der Waals surface area contributed by atoms with E-state index in [4.69, 9.17) is 14.2 Å². The van der Waals surface area contributed by atoms with Crippen molar-refractivity contribution in [3.05, 3.63) is 54.9 Å². The van der Waals surface area contributed by atoms with Gasteiger partial charge in [0, 0.05) is 37.4 Å². The zero-order chi connectivity index (χ0) is 22.7. The van der Waals surface area contributed by atoms with Crippen molar-refractivity contribution in [1.82, 2.24) is 19.9 Å². The maximum atomic E-state index is 11.7. The number of ether oxygens (including phenoxy) is 3. The van der Waals surface area contributed by atoms with Gasteiger partial charge in [-0.15, -0.1) is 0 Å². The maximum absolute atomic E-state index is 11.7. The summed E-state index contributed by atoms with van der Waals surface area (Å²) in [6.45, 7) is 2.32. The van der Waals surface area contributed by atoms with Crippen molar-refractivity contribution in [2.75, 3.05) is 20.0 Å². The second-order valence-electron chi connectivity index (χ2n) is 7.24. The average molecular weight is 455 g/mol. The molecule has 4 aromatic rings. The molecule has 0 saturated carbocycles. The second-order valence-corrected chi connectivity index (χ2v) is 9.25. The molecule has 0 aliphatic carbocycles. The number of imidazole rings is 1. The molecule has 0 bridgehead atoms. The molecule has 2 heterocycles. The first-order valence-electron chi connectivity index (χ1n) is 9.77. The van der Waals surface area contributed by atoms with Crippen LogP contribution in [0.2, 0.25) is 0 Å². The Labute approximate surface area is 185 Å². The van der Waals surface area contributed by atoms with E-state index < -0.39 is 9.84 Å². The highest BCUT2D eigenvalue weighted by Gasteiger charge is 2.13. The first-order chi connectivity index (χ1) is 15.3. The van der Waals surface area contributed by atoms with Gasteiger partial charge in [0.05, 0.1) is 11.5 Å². The van der Waals surface area contributed by atoms with Crippen LogP contribution in [-0.4, -0.2) is 54.4 Å². The van der Waals surface area contributed by atoms with Crippen molar-refractivity contribution < 1.29 is 22.6 Å². The molecule has 2 aromatic heterocycles. The molecule has 10 heteroatoms. The third-order valence-corrected chi connectivity index (χ3v) is 5.64. The minimum Gasteiger partial charge on any atom is -0.488 e. The van der Waals surface area contributed by atoms with Gasteiger partial charge < -0.3 is 19.2 Å². The molecule has 2 aromatic carbocycles. The lowest BCUT2D eigenvalue weighted by molar-refractivity contribution is 0.0920. The summed E-state index contributed by atoms with van der Waals surface area (Å²) in [4.78, 5) is 16.3. The van der Waals surface area contributed by atoms with Crippen molar-refractivity contribution in [2.45, 2.75) is 17.9 Å². The van der Waals surface area contributed by atoms with E-state index in [0.717, 1.165) is 11.8 Å². The van der Waals surface area contributed by atoms with Gasteiger partial charge in [0.1, 0.15) is 29.2 Å². The van der Waals surface area contributed by atoms with Crippen molar-refractivity contribution >= 4 is 21.1 Å². The summed E-state index contributed by atoms with van der Waals surface area (Å²) in [6, 6.07) is 11.6. The van der Waals surface area contributed by atoms with Crippen LogP contribution in [0, 0.1) is 0 Å². The zero-order valence-corrected chi connectivity index (χ0v) is 18.6. The van der Waals surface area contributed by atoms with E-state index in [1.54, 1.807) is 43.8 Å². The number of hydrogen-bond donors (Lipinski definition) is 1. The van der Waals surface area contributed by atoms with Gasteiger partial charge in [0.25, 0.3) is 0 Å². The van der Waals surface area contributed by atoms with E-state index in [2.05, 4.69) is 19.9 Å². The van der Waals surface area contributed by atoms with E-state index in [9.17, 15) is 8.42 Å². The quantitative estimate of drug-likeness (QED) is 0.429. The van der Waals surface area contributed by atoms with Gasteiger partial charge in [-0.05, 0) is 43.3 Å². The van der Waals surface area contributed by atoms with Gasteiger partial charge in [-0.1, -0.05) is 0 Å². The summed E-state index contributed by atoms with van der Waals surface area (Å²) in [7, 11) is -1.67. The van der Waals surface area contributed by atoms with Crippen LogP contribution in [0.3, 0.4) is 0 Å². The number of methoxy groups -OCH3 is 1. The molecular formula is C22H22N4O5S. The molecule has 0 spiro atoms. The molecule has 0 unspecified atom stereocenters. The highest BCUT2D eigenvalue weighted by Crippen LogP contribution is 2.32. The first-order valence-corrected chi connectivity index (χ1v) is 11.7. The summed E-state index contributed by atoms with van der Waals surface area (Å²) in [5.74, 6) is 2.11. The Balaban J connectivity index is 1.69. The third-order valence-electron chi connectivity index (χ3n) is 4.51. The largest absolute Gasteiger partial charge is 0.488 e. The maximum Gasteiger partial charge on any atom is 0.197 e. The third kappa shape index (κ3) is 5.04. The summed E-state index contributed by atoms with van der Waals surface area (Å²) in [5.41, 5.74) is 1.79. The van der Waals surface area contributed by atoms with Gasteiger partial charge in [-0.25, -0.2) is 23.4 Å². The minimum atomic E-state index is -3.29. The molecule has 1 N–H and O–H groups in total. The number of nitrogens with one attached hydrogen (secondary N) is 1. The van der Waals surface area contributed by atoms with Crippen LogP contribution < -0.4 is 9.47 Å². The predicted molar refractivity (Wildman–Crippen MR) is 119 cm³/mol. The number of fused-ring (bicyclic) bond motifs is 1. The number of rotatable bonds is 8. The average Bonchev–Trinajstić information content (AvgIpc) is 3.18. The predicted octanol–water partition coefficient (Wildman–Crippen LogP) is 3.63. The smallest absolute Gasteiger partial charge is 0.197 e. The SMILES string of the molecule is COC[C@H](C)Oc1cc(Oc2ccc(S(C)(=O)=O)cc2)cc(-c2nc3nccnc3[nH]2)c1. The molecule has 0 saturated heterocycles. The molecular weight excluding hydrogens is 432 g/mol. The Morgan fingerprint density at radius 2 is 1.72 bits per heavy atom. The standard InChI is InChI=1S/C22H22N4O5S/c1-14(13-29-2)30-17-10-15(20-25-21-22(26-20)24-9-8-23-21)11-18(12-17)31-16-4-6-19(7-5-16)32(3,27)28/h4-12,14H,13H2,1-3H3,(H,23,24,25,26)/t14-/m0/s1. The molecule has 9 nitrogen and oxygen atoms in total. The monoisotopic (exact) mass is 454 g/mol. The van der Waals surface area contributed by atoms with E-state index in [0.29, 0.717) is 41.0 Å². The highest BCUT2D eigenvalue weighted by molar-refractivity contribution is 7.90.